The molecular formula is C15H19BrO3. The van der Waals surface area contributed by atoms with E-state index in [0.29, 0.717) is 12.2 Å². The van der Waals surface area contributed by atoms with Crippen LogP contribution in [-0.4, -0.2) is 25.0 Å². The maximum atomic E-state index is 11.5. The number of esters is 1. The van der Waals surface area contributed by atoms with Crippen molar-refractivity contribution in [2.24, 2.45) is 5.41 Å². The molecule has 0 amide bonds. The Hall–Kier alpha value is -1.03. The van der Waals surface area contributed by atoms with Gasteiger partial charge in [0.2, 0.25) is 0 Å². The zero-order valence-corrected chi connectivity index (χ0v) is 12.7. The molecule has 0 spiro atoms. The highest BCUT2D eigenvalue weighted by Crippen LogP contribution is 2.40. The van der Waals surface area contributed by atoms with E-state index in [-0.39, 0.29) is 11.4 Å². The largest absolute Gasteiger partial charge is 0.493 e. The fourth-order valence-corrected chi connectivity index (χ4v) is 3.23. The van der Waals surface area contributed by atoms with Gasteiger partial charge in [-0.05, 0) is 31.0 Å². The minimum absolute atomic E-state index is 0.251. The topological polar surface area (TPSA) is 35.5 Å². The smallest absolute Gasteiger partial charge is 0.337 e. The standard InChI is InChI=1S/C15H19BrO3/c1-18-14(17)12-5-4-6-13(9-12)19-11-15(10-16)7-2-3-8-15/h4-6,9H,2-3,7-8,10-11H2,1H3. The van der Waals surface area contributed by atoms with Crippen molar-refractivity contribution in [1.82, 2.24) is 0 Å². The molecule has 1 fully saturated rings. The van der Waals surface area contributed by atoms with Gasteiger partial charge in [0.25, 0.3) is 0 Å². The van der Waals surface area contributed by atoms with Crippen LogP contribution in [0.4, 0.5) is 0 Å². The van der Waals surface area contributed by atoms with Crippen LogP contribution in [0.3, 0.4) is 0 Å². The molecule has 0 aromatic heterocycles. The van der Waals surface area contributed by atoms with Gasteiger partial charge in [0.15, 0.2) is 0 Å². The van der Waals surface area contributed by atoms with Crippen LogP contribution in [0, 0.1) is 5.41 Å². The van der Waals surface area contributed by atoms with E-state index in [1.165, 1.54) is 32.8 Å². The minimum atomic E-state index is -0.332. The number of halogens is 1. The van der Waals surface area contributed by atoms with E-state index < -0.39 is 0 Å². The van der Waals surface area contributed by atoms with E-state index in [1.54, 1.807) is 12.1 Å². The highest BCUT2D eigenvalue weighted by Gasteiger charge is 2.33. The number of alkyl halides is 1. The molecular weight excluding hydrogens is 308 g/mol. The molecule has 2 rings (SSSR count). The molecule has 19 heavy (non-hydrogen) atoms. The number of ether oxygens (including phenoxy) is 2. The number of methoxy groups -OCH3 is 1. The Morgan fingerprint density at radius 3 is 2.74 bits per heavy atom. The molecule has 3 nitrogen and oxygen atoms in total. The van der Waals surface area contributed by atoms with Crippen LogP contribution in [-0.2, 0) is 4.74 Å². The zero-order valence-electron chi connectivity index (χ0n) is 11.2. The van der Waals surface area contributed by atoms with Gasteiger partial charge in [0, 0.05) is 10.7 Å². The van der Waals surface area contributed by atoms with Crippen LogP contribution in [0.5, 0.6) is 5.75 Å². The van der Waals surface area contributed by atoms with Crippen molar-refractivity contribution in [3.05, 3.63) is 29.8 Å². The molecule has 0 heterocycles. The van der Waals surface area contributed by atoms with Crippen molar-refractivity contribution in [2.45, 2.75) is 25.7 Å². The summed E-state index contributed by atoms with van der Waals surface area (Å²) in [4.78, 5) is 11.5. The summed E-state index contributed by atoms with van der Waals surface area (Å²) in [5, 5.41) is 0.969. The Morgan fingerprint density at radius 1 is 1.37 bits per heavy atom. The highest BCUT2D eigenvalue weighted by molar-refractivity contribution is 9.09. The molecule has 1 aliphatic rings. The average Bonchev–Trinajstić information content (AvgIpc) is 2.94. The van der Waals surface area contributed by atoms with Gasteiger partial charge < -0.3 is 9.47 Å². The monoisotopic (exact) mass is 326 g/mol. The number of benzene rings is 1. The lowest BCUT2D eigenvalue weighted by Crippen LogP contribution is -2.27. The normalized spacial score (nSPS) is 17.2. The Morgan fingerprint density at radius 2 is 2.11 bits per heavy atom. The van der Waals surface area contributed by atoms with Gasteiger partial charge in [-0.15, -0.1) is 0 Å². The predicted molar refractivity (Wildman–Crippen MR) is 78.0 cm³/mol. The summed E-state index contributed by atoms with van der Waals surface area (Å²) in [5.41, 5.74) is 0.778. The van der Waals surface area contributed by atoms with Crippen molar-refractivity contribution in [3.63, 3.8) is 0 Å². The summed E-state index contributed by atoms with van der Waals surface area (Å²) in [7, 11) is 1.38. The van der Waals surface area contributed by atoms with E-state index in [2.05, 4.69) is 15.9 Å². The number of hydrogen-bond donors (Lipinski definition) is 0. The number of carbonyl (C=O) groups is 1. The first-order valence-corrected chi connectivity index (χ1v) is 7.68. The first-order chi connectivity index (χ1) is 9.19. The molecule has 1 aromatic carbocycles. The Bertz CT molecular complexity index is 439. The number of carbonyl (C=O) groups excluding carboxylic acids is 1. The van der Waals surface area contributed by atoms with Crippen LogP contribution >= 0.6 is 15.9 Å². The van der Waals surface area contributed by atoms with Crippen molar-refractivity contribution >= 4 is 21.9 Å². The van der Waals surface area contributed by atoms with Crippen LogP contribution < -0.4 is 4.74 Å². The Balaban J connectivity index is 2.01. The van der Waals surface area contributed by atoms with Gasteiger partial charge in [-0.3, -0.25) is 0 Å². The Kier molecular flexibility index (Phi) is 4.86. The summed E-state index contributed by atoms with van der Waals surface area (Å²) >= 11 is 3.60. The maximum Gasteiger partial charge on any atom is 0.337 e. The van der Waals surface area contributed by atoms with E-state index >= 15 is 0 Å². The number of rotatable bonds is 5. The first kappa shape index (κ1) is 14.4. The lowest BCUT2D eigenvalue weighted by molar-refractivity contribution is 0.0600. The van der Waals surface area contributed by atoms with Crippen LogP contribution in [0.2, 0.25) is 0 Å². The molecule has 0 radical (unpaired) electrons. The summed E-state index contributed by atoms with van der Waals surface area (Å²) < 4.78 is 10.6. The van der Waals surface area contributed by atoms with Crippen LogP contribution in [0.15, 0.2) is 24.3 Å². The highest BCUT2D eigenvalue weighted by atomic mass is 79.9. The van der Waals surface area contributed by atoms with Crippen molar-refractivity contribution in [3.8, 4) is 5.75 Å². The molecule has 0 bridgehead atoms. The van der Waals surface area contributed by atoms with Gasteiger partial charge in [-0.1, -0.05) is 34.8 Å². The molecule has 4 heteroatoms. The van der Waals surface area contributed by atoms with Crippen molar-refractivity contribution in [2.75, 3.05) is 19.0 Å². The molecule has 104 valence electrons. The second-order valence-electron chi connectivity index (χ2n) is 5.15. The van der Waals surface area contributed by atoms with Gasteiger partial charge in [-0.25, -0.2) is 4.79 Å². The van der Waals surface area contributed by atoms with Gasteiger partial charge in [0.1, 0.15) is 5.75 Å². The summed E-state index contributed by atoms with van der Waals surface area (Å²) in [6.45, 7) is 0.697. The molecule has 0 aliphatic heterocycles. The zero-order chi connectivity index (χ0) is 13.7. The second-order valence-corrected chi connectivity index (χ2v) is 5.71. The first-order valence-electron chi connectivity index (χ1n) is 6.56. The van der Waals surface area contributed by atoms with E-state index in [1.807, 2.05) is 12.1 Å². The van der Waals surface area contributed by atoms with Gasteiger partial charge in [-0.2, -0.15) is 0 Å². The van der Waals surface area contributed by atoms with Gasteiger partial charge >= 0.3 is 5.97 Å². The summed E-state index contributed by atoms with van der Waals surface area (Å²) in [5.74, 6) is 0.400. The van der Waals surface area contributed by atoms with Crippen LogP contribution in [0.25, 0.3) is 0 Å². The molecule has 0 N–H and O–H groups in total. The van der Waals surface area contributed by atoms with E-state index in [0.717, 1.165) is 11.1 Å². The Labute approximate surface area is 122 Å². The molecule has 1 saturated carbocycles. The van der Waals surface area contributed by atoms with E-state index in [9.17, 15) is 4.79 Å². The molecule has 0 unspecified atom stereocenters. The van der Waals surface area contributed by atoms with Crippen molar-refractivity contribution in [1.29, 1.82) is 0 Å². The minimum Gasteiger partial charge on any atom is -0.493 e. The fourth-order valence-electron chi connectivity index (χ4n) is 2.51. The average molecular weight is 327 g/mol. The lowest BCUT2D eigenvalue weighted by Gasteiger charge is -2.26. The SMILES string of the molecule is COC(=O)c1cccc(OCC2(CBr)CCCC2)c1. The number of hydrogen-bond acceptors (Lipinski definition) is 3. The van der Waals surface area contributed by atoms with E-state index in [4.69, 9.17) is 9.47 Å². The summed E-state index contributed by atoms with van der Waals surface area (Å²) in [6, 6.07) is 7.16. The molecule has 1 aliphatic carbocycles. The quantitative estimate of drug-likeness (QED) is 0.609. The molecule has 1 aromatic rings. The van der Waals surface area contributed by atoms with Crippen LogP contribution in [0.1, 0.15) is 36.0 Å². The third-order valence-corrected chi connectivity index (χ3v) is 4.94. The lowest BCUT2D eigenvalue weighted by atomic mass is 9.90. The predicted octanol–water partition coefficient (Wildman–Crippen LogP) is 3.81. The summed E-state index contributed by atoms with van der Waals surface area (Å²) in [6.07, 6.45) is 4.96. The molecule has 0 saturated heterocycles. The third-order valence-electron chi connectivity index (χ3n) is 3.75. The molecule has 0 atom stereocenters. The van der Waals surface area contributed by atoms with Gasteiger partial charge in [0.05, 0.1) is 19.3 Å². The second kappa shape index (κ2) is 6.42. The third kappa shape index (κ3) is 3.50. The fraction of sp³-hybridized carbons (Fsp3) is 0.533. The van der Waals surface area contributed by atoms with Crippen molar-refractivity contribution < 1.29 is 14.3 Å². The maximum absolute atomic E-state index is 11.5.